The van der Waals surface area contributed by atoms with Crippen molar-refractivity contribution in [3.8, 4) is 5.69 Å². The van der Waals surface area contributed by atoms with Crippen LogP contribution >= 0.6 is 11.6 Å². The minimum absolute atomic E-state index is 0.169. The second-order valence-electron chi connectivity index (χ2n) is 7.91. The van der Waals surface area contributed by atoms with Crippen LogP contribution in [0.4, 0.5) is 10.1 Å². The van der Waals surface area contributed by atoms with Crippen LogP contribution in [0.3, 0.4) is 0 Å². The van der Waals surface area contributed by atoms with Gasteiger partial charge in [0.25, 0.3) is 11.5 Å². The van der Waals surface area contributed by atoms with E-state index in [-0.39, 0.29) is 17.0 Å². The highest BCUT2D eigenvalue weighted by molar-refractivity contribution is 6.30. The Morgan fingerprint density at radius 3 is 2.52 bits per heavy atom. The number of benzene rings is 2. The second-order valence-corrected chi connectivity index (χ2v) is 8.35. The van der Waals surface area contributed by atoms with Crippen LogP contribution in [-0.4, -0.2) is 22.4 Å². The van der Waals surface area contributed by atoms with Crippen molar-refractivity contribution in [2.24, 2.45) is 5.92 Å². The van der Waals surface area contributed by atoms with E-state index in [2.05, 4.69) is 17.2 Å². The fourth-order valence-electron chi connectivity index (χ4n) is 3.91. The number of hydrogen-bond donors (Lipinski definition) is 2. The van der Waals surface area contributed by atoms with Crippen LogP contribution in [0.2, 0.25) is 5.02 Å². The monoisotopic (exact) mass is 465 g/mol. The van der Waals surface area contributed by atoms with Gasteiger partial charge < -0.3 is 10.6 Å². The molecular weight excluding hydrogens is 445 g/mol. The largest absolute Gasteiger partial charge is 0.348 e. The van der Waals surface area contributed by atoms with Crippen LogP contribution in [0, 0.1) is 11.7 Å². The number of amides is 2. The van der Waals surface area contributed by atoms with E-state index < -0.39 is 23.7 Å². The first-order valence-corrected chi connectivity index (χ1v) is 10.7. The molecule has 8 heteroatoms. The van der Waals surface area contributed by atoms with Gasteiger partial charge in [-0.25, -0.2) is 4.39 Å². The number of nitrogens with zero attached hydrogens (tertiary/aromatic N) is 1. The van der Waals surface area contributed by atoms with Crippen molar-refractivity contribution in [2.45, 2.75) is 18.9 Å². The molecule has 0 radical (unpaired) electrons. The van der Waals surface area contributed by atoms with Gasteiger partial charge in [-0.3, -0.25) is 19.0 Å². The summed E-state index contributed by atoms with van der Waals surface area (Å²) in [4.78, 5) is 37.6. The van der Waals surface area contributed by atoms with E-state index in [0.717, 1.165) is 11.6 Å². The number of carbonyl (C=O) groups excluding carboxylic acids is 2. The first-order valence-electron chi connectivity index (χ1n) is 10.3. The molecular formula is C25H21ClFN3O3. The van der Waals surface area contributed by atoms with E-state index in [1.807, 2.05) is 0 Å². The molecule has 1 fully saturated rings. The Morgan fingerprint density at radius 2 is 1.82 bits per heavy atom. The SMILES string of the molecule is C=C1CC(NC(=O)c2ccc(-n3ccccc3=O)cc2F)C(C(=O)Nc2ccc(Cl)cc2)C1. The Kier molecular flexibility index (Phi) is 6.42. The third-order valence-electron chi connectivity index (χ3n) is 5.57. The van der Waals surface area contributed by atoms with Gasteiger partial charge in [0.05, 0.1) is 17.2 Å². The highest BCUT2D eigenvalue weighted by Gasteiger charge is 2.36. The lowest BCUT2D eigenvalue weighted by atomic mass is 10.0. The molecule has 33 heavy (non-hydrogen) atoms. The molecule has 2 aromatic carbocycles. The fourth-order valence-corrected chi connectivity index (χ4v) is 4.04. The fraction of sp³-hybridized carbons (Fsp3) is 0.160. The van der Waals surface area contributed by atoms with E-state index in [4.69, 9.17) is 11.6 Å². The van der Waals surface area contributed by atoms with Gasteiger partial charge in [0.2, 0.25) is 5.91 Å². The van der Waals surface area contributed by atoms with Crippen molar-refractivity contribution in [1.29, 1.82) is 0 Å². The molecule has 1 saturated carbocycles. The minimum atomic E-state index is -0.764. The van der Waals surface area contributed by atoms with Gasteiger partial charge >= 0.3 is 0 Å². The first kappa shape index (κ1) is 22.5. The lowest BCUT2D eigenvalue weighted by Gasteiger charge is -2.20. The van der Waals surface area contributed by atoms with E-state index in [1.54, 1.807) is 36.4 Å². The maximum Gasteiger partial charge on any atom is 0.255 e. The lowest BCUT2D eigenvalue weighted by molar-refractivity contribution is -0.120. The van der Waals surface area contributed by atoms with Gasteiger partial charge in [0, 0.05) is 29.0 Å². The van der Waals surface area contributed by atoms with Crippen LogP contribution in [-0.2, 0) is 4.79 Å². The normalized spacial score (nSPS) is 17.6. The zero-order valence-corrected chi connectivity index (χ0v) is 18.3. The Hall–Kier alpha value is -3.71. The molecule has 0 spiro atoms. The quantitative estimate of drug-likeness (QED) is 0.550. The topological polar surface area (TPSA) is 80.2 Å². The molecule has 2 unspecified atom stereocenters. The number of carbonyl (C=O) groups is 2. The summed E-state index contributed by atoms with van der Waals surface area (Å²) in [5, 5.41) is 6.15. The van der Waals surface area contributed by atoms with Crippen molar-refractivity contribution >= 4 is 29.1 Å². The molecule has 2 atom stereocenters. The number of nitrogens with one attached hydrogen (secondary N) is 2. The average Bonchev–Trinajstić information content (AvgIpc) is 3.15. The minimum Gasteiger partial charge on any atom is -0.348 e. The lowest BCUT2D eigenvalue weighted by Crippen LogP contribution is -2.42. The highest BCUT2D eigenvalue weighted by atomic mass is 35.5. The van der Waals surface area contributed by atoms with Crippen molar-refractivity contribution < 1.29 is 14.0 Å². The maximum atomic E-state index is 14.8. The van der Waals surface area contributed by atoms with Crippen molar-refractivity contribution in [3.63, 3.8) is 0 Å². The summed E-state index contributed by atoms with van der Waals surface area (Å²) < 4.78 is 16.0. The molecule has 1 aliphatic carbocycles. The van der Waals surface area contributed by atoms with Crippen LogP contribution in [0.1, 0.15) is 23.2 Å². The standard InChI is InChI=1S/C25H21ClFN3O3/c1-15-12-20(25(33)28-17-7-5-16(26)6-8-17)22(13-15)29-24(32)19-10-9-18(14-21(19)27)30-11-3-2-4-23(30)31/h2-11,14,20,22H,1,12-13H2,(H,28,33)(H,29,32). The predicted octanol–water partition coefficient (Wildman–Crippen LogP) is 4.33. The number of aromatic nitrogens is 1. The molecule has 6 nitrogen and oxygen atoms in total. The zero-order valence-electron chi connectivity index (χ0n) is 17.6. The summed E-state index contributed by atoms with van der Waals surface area (Å²) in [6.45, 7) is 3.95. The van der Waals surface area contributed by atoms with Crippen molar-refractivity contribution in [1.82, 2.24) is 9.88 Å². The maximum absolute atomic E-state index is 14.8. The first-order chi connectivity index (χ1) is 15.8. The molecule has 1 heterocycles. The van der Waals surface area contributed by atoms with E-state index in [1.165, 1.54) is 29.0 Å². The van der Waals surface area contributed by atoms with Gasteiger partial charge in [0.1, 0.15) is 5.82 Å². The number of rotatable bonds is 5. The van der Waals surface area contributed by atoms with Gasteiger partial charge in [0.15, 0.2) is 0 Å². The van der Waals surface area contributed by atoms with Gasteiger partial charge in [-0.1, -0.05) is 29.8 Å². The van der Waals surface area contributed by atoms with Crippen LogP contribution < -0.4 is 16.2 Å². The molecule has 1 aliphatic rings. The Morgan fingerprint density at radius 1 is 1.06 bits per heavy atom. The highest BCUT2D eigenvalue weighted by Crippen LogP contribution is 2.31. The smallest absolute Gasteiger partial charge is 0.255 e. The Labute approximate surface area is 194 Å². The van der Waals surface area contributed by atoms with E-state index in [9.17, 15) is 18.8 Å². The van der Waals surface area contributed by atoms with Crippen molar-refractivity contribution in [2.75, 3.05) is 5.32 Å². The summed E-state index contributed by atoms with van der Waals surface area (Å²) in [7, 11) is 0. The summed E-state index contributed by atoms with van der Waals surface area (Å²) in [5.41, 5.74) is 1.25. The number of halogens is 2. The van der Waals surface area contributed by atoms with Crippen LogP contribution in [0.25, 0.3) is 5.69 Å². The summed E-state index contributed by atoms with van der Waals surface area (Å²) in [5.74, 6) is -2.20. The van der Waals surface area contributed by atoms with Crippen LogP contribution in [0.5, 0.6) is 0 Å². The zero-order chi connectivity index (χ0) is 23.5. The molecule has 0 saturated heterocycles. The molecule has 0 aliphatic heterocycles. The number of hydrogen-bond acceptors (Lipinski definition) is 3. The molecule has 3 aromatic rings. The number of anilines is 1. The second kappa shape index (κ2) is 9.42. The van der Waals surface area contributed by atoms with Gasteiger partial charge in [-0.05, 0) is 61.4 Å². The third kappa shape index (κ3) is 5.04. The summed E-state index contributed by atoms with van der Waals surface area (Å²) in [6, 6.07) is 14.7. The van der Waals surface area contributed by atoms with Crippen LogP contribution in [0.15, 0.2) is 83.8 Å². The molecule has 168 valence electrons. The third-order valence-corrected chi connectivity index (χ3v) is 5.82. The molecule has 2 amide bonds. The molecule has 1 aromatic heterocycles. The predicted molar refractivity (Wildman–Crippen MR) is 125 cm³/mol. The molecule has 2 N–H and O–H groups in total. The Balaban J connectivity index is 1.49. The van der Waals surface area contributed by atoms with Gasteiger partial charge in [-0.2, -0.15) is 0 Å². The summed E-state index contributed by atoms with van der Waals surface area (Å²) >= 11 is 5.88. The summed E-state index contributed by atoms with van der Waals surface area (Å²) in [6.07, 6.45) is 2.36. The molecule has 0 bridgehead atoms. The van der Waals surface area contributed by atoms with Gasteiger partial charge in [-0.15, -0.1) is 0 Å². The Bertz CT molecular complexity index is 1290. The average molecular weight is 466 g/mol. The van der Waals surface area contributed by atoms with E-state index >= 15 is 0 Å². The van der Waals surface area contributed by atoms with E-state index in [0.29, 0.717) is 29.2 Å². The molecule has 4 rings (SSSR count). The van der Waals surface area contributed by atoms with Crippen molar-refractivity contribution in [3.05, 3.63) is 106 Å². The number of pyridine rings is 1.